The van der Waals surface area contributed by atoms with Gasteiger partial charge in [-0.05, 0) is 12.8 Å². The van der Waals surface area contributed by atoms with Crippen LogP contribution in [-0.2, 0) is 0 Å². The zero-order valence-electron chi connectivity index (χ0n) is 7.62. The smallest absolute Gasteiger partial charge is 0.0728 e. The van der Waals surface area contributed by atoms with Crippen molar-refractivity contribution in [3.05, 3.63) is 10.8 Å². The van der Waals surface area contributed by atoms with E-state index in [-0.39, 0.29) is 0 Å². The van der Waals surface area contributed by atoms with Crippen molar-refractivity contribution in [1.82, 2.24) is 0 Å². The topological polar surface area (TPSA) is 0 Å². The van der Waals surface area contributed by atoms with Gasteiger partial charge in [-0.1, -0.05) is 43.8 Å². The lowest BCUT2D eigenvalue weighted by molar-refractivity contribution is 0.928. The van der Waals surface area contributed by atoms with Gasteiger partial charge in [-0.3, -0.25) is 0 Å². The summed E-state index contributed by atoms with van der Waals surface area (Å²) in [6.45, 7) is 9.62. The Morgan fingerprint density at radius 2 is 1.90 bits per heavy atom. The molecule has 0 atom stereocenters. The molecule has 0 N–H and O–H groups in total. The van der Waals surface area contributed by atoms with Crippen LogP contribution in [0.5, 0.6) is 0 Å². The Kier molecular flexibility index (Phi) is 2.04. The Bertz CT molecular complexity index is 160. The SMILES string of the molecule is CCCC1=C([Si](C)(C)C)C1. The molecule has 0 saturated carbocycles. The zero-order valence-corrected chi connectivity index (χ0v) is 8.62. The van der Waals surface area contributed by atoms with Gasteiger partial charge in [-0.25, -0.2) is 0 Å². The molecule has 0 nitrogen and oxygen atoms in total. The summed E-state index contributed by atoms with van der Waals surface area (Å²) in [6.07, 6.45) is 4.10. The van der Waals surface area contributed by atoms with Crippen molar-refractivity contribution in [1.29, 1.82) is 0 Å². The summed E-state index contributed by atoms with van der Waals surface area (Å²) in [7, 11) is -0.844. The van der Waals surface area contributed by atoms with Crippen molar-refractivity contribution < 1.29 is 0 Å². The molecule has 58 valence electrons. The molecule has 0 unspecified atom stereocenters. The van der Waals surface area contributed by atoms with Crippen LogP contribution in [0.1, 0.15) is 26.2 Å². The molecule has 0 heterocycles. The third-order valence-corrected chi connectivity index (χ3v) is 4.49. The first-order chi connectivity index (χ1) is 4.55. The highest BCUT2D eigenvalue weighted by molar-refractivity contribution is 6.84. The zero-order chi connectivity index (χ0) is 7.78. The second-order valence-electron chi connectivity index (χ2n) is 4.26. The molecule has 0 aliphatic heterocycles. The molecular weight excluding hydrogens is 136 g/mol. The van der Waals surface area contributed by atoms with E-state index in [1.54, 1.807) is 5.57 Å². The predicted molar refractivity (Wildman–Crippen MR) is 49.9 cm³/mol. The lowest BCUT2D eigenvalue weighted by atomic mass is 10.3. The van der Waals surface area contributed by atoms with E-state index in [1.165, 1.54) is 19.3 Å². The highest BCUT2D eigenvalue weighted by Crippen LogP contribution is 2.40. The van der Waals surface area contributed by atoms with Crippen LogP contribution in [0.25, 0.3) is 0 Å². The van der Waals surface area contributed by atoms with E-state index in [4.69, 9.17) is 0 Å². The molecule has 10 heavy (non-hydrogen) atoms. The van der Waals surface area contributed by atoms with Gasteiger partial charge in [-0.15, -0.1) is 0 Å². The molecule has 0 aromatic heterocycles. The molecule has 0 spiro atoms. The number of rotatable bonds is 3. The van der Waals surface area contributed by atoms with E-state index in [1.807, 2.05) is 5.20 Å². The van der Waals surface area contributed by atoms with Gasteiger partial charge < -0.3 is 0 Å². The summed E-state index contributed by atoms with van der Waals surface area (Å²) in [5.41, 5.74) is 1.79. The molecule has 0 bridgehead atoms. The third kappa shape index (κ3) is 1.72. The van der Waals surface area contributed by atoms with E-state index in [0.717, 1.165) is 0 Å². The highest BCUT2D eigenvalue weighted by Gasteiger charge is 2.31. The first-order valence-corrected chi connectivity index (χ1v) is 7.77. The van der Waals surface area contributed by atoms with Crippen LogP contribution in [0.2, 0.25) is 19.6 Å². The maximum atomic E-state index is 2.45. The fraction of sp³-hybridized carbons (Fsp3) is 0.778. The summed E-state index contributed by atoms with van der Waals surface area (Å²) in [5.74, 6) is 0. The van der Waals surface area contributed by atoms with Gasteiger partial charge in [0.1, 0.15) is 0 Å². The van der Waals surface area contributed by atoms with Crippen LogP contribution in [-0.4, -0.2) is 8.07 Å². The molecule has 0 radical (unpaired) electrons. The molecule has 0 saturated heterocycles. The Morgan fingerprint density at radius 3 is 2.20 bits per heavy atom. The number of hydrogen-bond acceptors (Lipinski definition) is 0. The van der Waals surface area contributed by atoms with Gasteiger partial charge in [0, 0.05) is 0 Å². The van der Waals surface area contributed by atoms with Crippen LogP contribution in [0.3, 0.4) is 0 Å². The van der Waals surface area contributed by atoms with Gasteiger partial charge in [0.05, 0.1) is 8.07 Å². The van der Waals surface area contributed by atoms with E-state index in [0.29, 0.717) is 0 Å². The van der Waals surface area contributed by atoms with E-state index < -0.39 is 8.07 Å². The van der Waals surface area contributed by atoms with E-state index in [9.17, 15) is 0 Å². The Morgan fingerprint density at radius 1 is 1.30 bits per heavy atom. The molecule has 0 aromatic rings. The van der Waals surface area contributed by atoms with Crippen molar-refractivity contribution in [2.45, 2.75) is 45.8 Å². The first-order valence-electron chi connectivity index (χ1n) is 4.27. The molecule has 1 heteroatoms. The summed E-state index contributed by atoms with van der Waals surface area (Å²) in [5, 5.41) is 1.86. The minimum Gasteiger partial charge on any atom is -0.0776 e. The first kappa shape index (κ1) is 8.06. The summed E-state index contributed by atoms with van der Waals surface area (Å²) in [4.78, 5) is 0. The second kappa shape index (κ2) is 2.53. The number of hydrogen-bond donors (Lipinski definition) is 0. The average molecular weight is 154 g/mol. The molecule has 1 aliphatic carbocycles. The Hall–Kier alpha value is -0.0431. The molecule has 1 aliphatic rings. The van der Waals surface area contributed by atoms with E-state index in [2.05, 4.69) is 26.6 Å². The minimum absolute atomic E-state index is 0.844. The fourth-order valence-corrected chi connectivity index (χ4v) is 3.44. The predicted octanol–water partition coefficient (Wildman–Crippen LogP) is 3.36. The van der Waals surface area contributed by atoms with Gasteiger partial charge in [-0.2, -0.15) is 0 Å². The van der Waals surface area contributed by atoms with Crippen LogP contribution in [0.4, 0.5) is 0 Å². The van der Waals surface area contributed by atoms with Gasteiger partial charge in [0.25, 0.3) is 0 Å². The van der Waals surface area contributed by atoms with Crippen LogP contribution in [0.15, 0.2) is 10.8 Å². The lowest BCUT2D eigenvalue weighted by Gasteiger charge is -2.09. The van der Waals surface area contributed by atoms with Crippen molar-refractivity contribution in [3.8, 4) is 0 Å². The van der Waals surface area contributed by atoms with E-state index >= 15 is 0 Å². The van der Waals surface area contributed by atoms with Crippen molar-refractivity contribution in [2.75, 3.05) is 0 Å². The third-order valence-electron chi connectivity index (χ3n) is 2.15. The monoisotopic (exact) mass is 154 g/mol. The average Bonchev–Trinajstić information content (AvgIpc) is 2.44. The summed E-state index contributed by atoms with van der Waals surface area (Å²) < 4.78 is 0. The molecule has 1 rings (SSSR count). The van der Waals surface area contributed by atoms with Crippen LogP contribution in [0, 0.1) is 0 Å². The fourth-order valence-electron chi connectivity index (χ4n) is 1.51. The minimum atomic E-state index is -0.844. The van der Waals surface area contributed by atoms with Crippen LogP contribution < -0.4 is 0 Å². The van der Waals surface area contributed by atoms with Gasteiger partial charge >= 0.3 is 0 Å². The molecule has 0 fully saturated rings. The number of allylic oxidation sites excluding steroid dienone is 2. The second-order valence-corrected chi connectivity index (χ2v) is 9.36. The quantitative estimate of drug-likeness (QED) is 0.547. The molecule has 0 amide bonds. The normalized spacial score (nSPS) is 18.0. The van der Waals surface area contributed by atoms with Crippen LogP contribution >= 0.6 is 0 Å². The summed E-state index contributed by atoms with van der Waals surface area (Å²) in [6, 6.07) is 0. The lowest BCUT2D eigenvalue weighted by Crippen LogP contribution is -2.18. The maximum Gasteiger partial charge on any atom is 0.0728 e. The Labute approximate surface area is 65.3 Å². The maximum absolute atomic E-state index is 2.45. The van der Waals surface area contributed by atoms with Gasteiger partial charge in [0.2, 0.25) is 0 Å². The highest BCUT2D eigenvalue weighted by atomic mass is 28.3. The van der Waals surface area contributed by atoms with Crippen molar-refractivity contribution in [3.63, 3.8) is 0 Å². The van der Waals surface area contributed by atoms with Crippen molar-refractivity contribution in [2.24, 2.45) is 0 Å². The largest absolute Gasteiger partial charge is 0.0776 e. The summed E-state index contributed by atoms with van der Waals surface area (Å²) >= 11 is 0. The standard InChI is InChI=1S/C9H18Si/c1-5-6-8-7-9(8)10(2,3)4/h5-7H2,1-4H3. The molecule has 0 aromatic carbocycles. The molecular formula is C9H18Si. The van der Waals surface area contributed by atoms with Gasteiger partial charge in [0.15, 0.2) is 0 Å². The Balaban J connectivity index is 2.48. The van der Waals surface area contributed by atoms with Crippen molar-refractivity contribution >= 4 is 8.07 Å².